The molecular weight excluding hydrogens is 836 g/mol. The summed E-state index contributed by atoms with van der Waals surface area (Å²) >= 11 is 0. The van der Waals surface area contributed by atoms with Crippen LogP contribution in [0.1, 0.15) is 0 Å². The average molecular weight is 877 g/mol. The van der Waals surface area contributed by atoms with E-state index >= 15 is 4.57 Å². The van der Waals surface area contributed by atoms with Crippen LogP contribution < -0.4 is 15.9 Å². The average Bonchev–Trinajstić information content (AvgIpc) is 3.81. The topological polar surface area (TPSA) is 56.0 Å². The van der Waals surface area contributed by atoms with Crippen molar-refractivity contribution < 1.29 is 8.98 Å². The fourth-order valence-corrected chi connectivity index (χ4v) is 12.1. The van der Waals surface area contributed by atoms with Crippen LogP contribution in [0.15, 0.2) is 253 Å². The summed E-state index contributed by atoms with van der Waals surface area (Å²) in [6.07, 6.45) is 0. The molecule has 2 aromatic heterocycles. The Morgan fingerprint density at radius 3 is 1.49 bits per heavy atom. The maximum atomic E-state index is 15.2. The van der Waals surface area contributed by atoms with Crippen molar-refractivity contribution in [2.45, 2.75) is 0 Å². The Balaban J connectivity index is 0.951. The largest absolute Gasteiger partial charge is 0.455 e. The van der Waals surface area contributed by atoms with Crippen molar-refractivity contribution in [1.29, 1.82) is 0 Å². The Morgan fingerprint density at radius 2 is 0.821 bits per heavy atom. The van der Waals surface area contributed by atoms with Gasteiger partial charge in [0.05, 0.1) is 11.4 Å². The fraction of sp³-hybridized carbons (Fsp3) is 0. The molecule has 316 valence electrons. The van der Waals surface area contributed by atoms with E-state index in [1.807, 2.05) is 97.1 Å². The first-order valence-corrected chi connectivity index (χ1v) is 24.2. The SMILES string of the molecule is O=P(c1ccccc1)(c1ccccc1)c1ccc(-c2cc3c(oc4cccc(-c5ccc(-c6cc(-c7cccc(-c8ccccc8)c7)nc(-c7ccccc7)n6)cc5)c43)c3ccccc23)cc1. The zero-order valence-electron chi connectivity index (χ0n) is 36.3. The molecule has 0 unspecified atom stereocenters. The van der Waals surface area contributed by atoms with Gasteiger partial charge in [-0.25, -0.2) is 9.97 Å². The number of fused-ring (bicyclic) bond motifs is 5. The van der Waals surface area contributed by atoms with Gasteiger partial charge in [0.1, 0.15) is 11.2 Å². The van der Waals surface area contributed by atoms with Crippen LogP contribution in [0.4, 0.5) is 0 Å². The molecule has 0 radical (unpaired) electrons. The normalized spacial score (nSPS) is 11.6. The smallest absolute Gasteiger partial charge is 0.171 e. The molecule has 0 spiro atoms. The van der Waals surface area contributed by atoms with E-state index in [2.05, 4.69) is 152 Å². The van der Waals surface area contributed by atoms with E-state index in [4.69, 9.17) is 14.4 Å². The van der Waals surface area contributed by atoms with Crippen molar-refractivity contribution in [1.82, 2.24) is 9.97 Å². The van der Waals surface area contributed by atoms with Crippen molar-refractivity contribution in [3.63, 3.8) is 0 Å². The lowest BCUT2D eigenvalue weighted by Crippen LogP contribution is -2.24. The lowest BCUT2D eigenvalue weighted by Gasteiger charge is -2.20. The lowest BCUT2D eigenvalue weighted by atomic mass is 9.93. The second kappa shape index (κ2) is 16.8. The number of rotatable bonds is 9. The van der Waals surface area contributed by atoms with Crippen LogP contribution in [0.3, 0.4) is 0 Å². The highest BCUT2D eigenvalue weighted by atomic mass is 31.2. The van der Waals surface area contributed by atoms with Gasteiger partial charge >= 0.3 is 0 Å². The van der Waals surface area contributed by atoms with Crippen molar-refractivity contribution >= 4 is 55.8 Å². The molecule has 67 heavy (non-hydrogen) atoms. The van der Waals surface area contributed by atoms with Gasteiger partial charge in [-0.05, 0) is 63.0 Å². The molecule has 0 bridgehead atoms. The van der Waals surface area contributed by atoms with Gasteiger partial charge in [-0.15, -0.1) is 0 Å². The maximum absolute atomic E-state index is 15.2. The third-order valence-electron chi connectivity index (χ3n) is 12.8. The Bertz CT molecular complexity index is 3750. The molecule has 0 aliphatic heterocycles. The van der Waals surface area contributed by atoms with Crippen LogP contribution in [0.2, 0.25) is 0 Å². The minimum absolute atomic E-state index is 0.677. The van der Waals surface area contributed by atoms with E-state index in [1.165, 1.54) is 0 Å². The Labute approximate surface area is 388 Å². The molecule has 0 N–H and O–H groups in total. The van der Waals surface area contributed by atoms with Crippen LogP contribution in [0.25, 0.3) is 100.0 Å². The number of aromatic nitrogens is 2. The highest BCUT2D eigenvalue weighted by Crippen LogP contribution is 2.45. The highest BCUT2D eigenvalue weighted by molar-refractivity contribution is 7.85. The Kier molecular flexibility index (Phi) is 10.1. The van der Waals surface area contributed by atoms with Crippen LogP contribution in [0, 0.1) is 0 Å². The minimum Gasteiger partial charge on any atom is -0.455 e. The lowest BCUT2D eigenvalue weighted by molar-refractivity contribution is 0.592. The maximum Gasteiger partial charge on any atom is 0.171 e. The zero-order valence-corrected chi connectivity index (χ0v) is 37.2. The predicted molar refractivity (Wildman–Crippen MR) is 279 cm³/mol. The van der Waals surface area contributed by atoms with Gasteiger partial charge < -0.3 is 8.98 Å². The molecule has 0 aliphatic rings. The monoisotopic (exact) mass is 876 g/mol. The molecule has 0 atom stereocenters. The Hall–Kier alpha value is -8.43. The molecule has 0 fully saturated rings. The summed E-state index contributed by atoms with van der Waals surface area (Å²) in [6, 6.07) is 84.9. The summed E-state index contributed by atoms with van der Waals surface area (Å²) in [7, 11) is -3.13. The molecule has 0 amide bonds. The fourth-order valence-electron chi connectivity index (χ4n) is 9.47. The molecular formula is C62H41N2O2P. The molecule has 5 heteroatoms. The summed E-state index contributed by atoms with van der Waals surface area (Å²) in [5, 5.41) is 6.65. The van der Waals surface area contributed by atoms with Crippen LogP contribution >= 0.6 is 7.14 Å². The second-order valence-electron chi connectivity index (χ2n) is 16.8. The van der Waals surface area contributed by atoms with Crippen molar-refractivity contribution in [3.05, 3.63) is 249 Å². The second-order valence-corrected chi connectivity index (χ2v) is 19.6. The molecule has 10 aromatic carbocycles. The number of hydrogen-bond donors (Lipinski definition) is 0. The van der Waals surface area contributed by atoms with Gasteiger partial charge in [-0.2, -0.15) is 0 Å². The first kappa shape index (κ1) is 40.1. The molecule has 4 nitrogen and oxygen atoms in total. The van der Waals surface area contributed by atoms with E-state index in [9.17, 15) is 0 Å². The van der Waals surface area contributed by atoms with E-state index in [-0.39, 0.29) is 0 Å². The summed E-state index contributed by atoms with van der Waals surface area (Å²) < 4.78 is 22.0. The van der Waals surface area contributed by atoms with E-state index in [0.717, 1.165) is 110 Å². The summed E-state index contributed by atoms with van der Waals surface area (Å²) in [5.74, 6) is 0.677. The van der Waals surface area contributed by atoms with Gasteiger partial charge in [0, 0.05) is 48.8 Å². The standard InChI is InChI=1S/C62H41N2O2P/c65-67(49-23-9-3-10-24-49,50-25-11-4-12-26-50)51-37-35-44(36-38-51)55-40-56-60-52(29-16-30-59(60)66-61(56)54-28-14-13-27-53(54)55)43-31-33-45(34-32-43)57-41-58(64-62(63-57)46-19-7-2-8-20-46)48-22-15-21-47(39-48)42-17-5-1-6-18-42/h1-41H. The molecule has 12 aromatic rings. The number of hydrogen-bond acceptors (Lipinski definition) is 4. The first-order chi connectivity index (χ1) is 33.1. The van der Waals surface area contributed by atoms with Crippen molar-refractivity contribution in [3.8, 4) is 67.3 Å². The van der Waals surface area contributed by atoms with Gasteiger partial charge in [0.2, 0.25) is 0 Å². The Morgan fingerprint density at radius 1 is 0.328 bits per heavy atom. The minimum atomic E-state index is -3.13. The first-order valence-electron chi connectivity index (χ1n) is 22.5. The van der Waals surface area contributed by atoms with E-state index in [0.29, 0.717) is 5.82 Å². The summed E-state index contributed by atoms with van der Waals surface area (Å²) in [6.45, 7) is 0. The summed E-state index contributed by atoms with van der Waals surface area (Å²) in [4.78, 5) is 10.3. The van der Waals surface area contributed by atoms with Crippen LogP contribution in [-0.2, 0) is 4.57 Å². The molecule has 0 saturated carbocycles. The van der Waals surface area contributed by atoms with Gasteiger partial charge in [0.25, 0.3) is 0 Å². The van der Waals surface area contributed by atoms with Gasteiger partial charge in [-0.3, -0.25) is 0 Å². The number of nitrogens with zero attached hydrogens (tertiary/aromatic N) is 2. The third-order valence-corrected chi connectivity index (χ3v) is 15.9. The van der Waals surface area contributed by atoms with Crippen molar-refractivity contribution in [2.75, 3.05) is 0 Å². The predicted octanol–water partition coefficient (Wildman–Crippen LogP) is 15.2. The van der Waals surface area contributed by atoms with E-state index < -0.39 is 7.14 Å². The van der Waals surface area contributed by atoms with Crippen molar-refractivity contribution in [2.24, 2.45) is 0 Å². The number of furan rings is 1. The third kappa shape index (κ3) is 7.25. The quantitative estimate of drug-likeness (QED) is 0.136. The zero-order chi connectivity index (χ0) is 44.7. The van der Waals surface area contributed by atoms with Crippen LogP contribution in [0.5, 0.6) is 0 Å². The molecule has 12 rings (SSSR count). The van der Waals surface area contributed by atoms with Gasteiger partial charge in [-0.1, -0.05) is 224 Å². The molecule has 0 saturated heterocycles. The van der Waals surface area contributed by atoms with Gasteiger partial charge in [0.15, 0.2) is 13.0 Å². The highest BCUT2D eigenvalue weighted by Gasteiger charge is 2.29. The molecule has 0 aliphatic carbocycles. The number of benzene rings is 10. The van der Waals surface area contributed by atoms with Crippen LogP contribution in [-0.4, -0.2) is 9.97 Å². The van der Waals surface area contributed by atoms with E-state index in [1.54, 1.807) is 0 Å². The molecule has 2 heterocycles. The summed E-state index contributed by atoms with van der Waals surface area (Å²) in [5.41, 5.74) is 12.9.